The van der Waals surface area contributed by atoms with Crippen LogP contribution in [0.3, 0.4) is 0 Å². The molecule has 0 aromatic heterocycles. The van der Waals surface area contributed by atoms with Gasteiger partial charge in [-0.1, -0.05) is 0 Å². The Kier molecular flexibility index (Phi) is 3.96. The number of benzene rings is 1. The van der Waals surface area contributed by atoms with Crippen LogP contribution in [0.1, 0.15) is 17.5 Å². The summed E-state index contributed by atoms with van der Waals surface area (Å²) in [5.41, 5.74) is -0.398. The summed E-state index contributed by atoms with van der Waals surface area (Å²) in [6, 6.07) is 3.03. The van der Waals surface area contributed by atoms with Crippen molar-refractivity contribution in [2.24, 2.45) is 0 Å². The van der Waals surface area contributed by atoms with Gasteiger partial charge in [0.15, 0.2) is 11.5 Å². The molecule has 1 aromatic rings. The summed E-state index contributed by atoms with van der Waals surface area (Å²) in [4.78, 5) is 35.5. The third-order valence-electron chi connectivity index (χ3n) is 4.15. The van der Waals surface area contributed by atoms with Crippen LogP contribution in [0.15, 0.2) is 28.9 Å². The second-order valence-corrected chi connectivity index (χ2v) is 5.42. The Hall–Kier alpha value is -3.29. The van der Waals surface area contributed by atoms with E-state index in [1.165, 1.54) is 20.3 Å². The van der Waals surface area contributed by atoms with Gasteiger partial charge in [-0.25, -0.2) is 14.4 Å². The molecule has 0 amide bonds. The van der Waals surface area contributed by atoms with Crippen LogP contribution in [0, 0.1) is 0 Å². The van der Waals surface area contributed by atoms with Crippen molar-refractivity contribution in [2.75, 3.05) is 14.2 Å². The zero-order chi connectivity index (χ0) is 18.3. The summed E-state index contributed by atoms with van der Waals surface area (Å²) < 4.78 is 14.9. The highest BCUT2D eigenvalue weighted by Crippen LogP contribution is 2.39. The van der Waals surface area contributed by atoms with Gasteiger partial charge in [0.2, 0.25) is 0 Å². The Morgan fingerprint density at radius 3 is 2.32 bits per heavy atom. The van der Waals surface area contributed by atoms with Gasteiger partial charge >= 0.3 is 17.9 Å². The smallest absolute Gasteiger partial charge is 0.347 e. The van der Waals surface area contributed by atoms with Gasteiger partial charge in [0.1, 0.15) is 11.3 Å². The summed E-state index contributed by atoms with van der Waals surface area (Å²) in [6.45, 7) is 0. The Balaban J connectivity index is 2.33. The third kappa shape index (κ3) is 2.51. The number of rotatable bonds is 3. The Bertz CT molecular complexity index is 875. The molecule has 130 valence electrons. The molecule has 25 heavy (non-hydrogen) atoms. The van der Waals surface area contributed by atoms with Gasteiger partial charge in [0.05, 0.1) is 25.4 Å². The van der Waals surface area contributed by atoms with E-state index in [1.807, 2.05) is 0 Å². The van der Waals surface area contributed by atoms with E-state index in [2.05, 4.69) is 4.74 Å². The average Bonchev–Trinajstić information content (AvgIpc) is 2.84. The molecule has 0 unspecified atom stereocenters. The van der Waals surface area contributed by atoms with Crippen LogP contribution in [0.25, 0.3) is 5.76 Å². The van der Waals surface area contributed by atoms with Gasteiger partial charge in [-0.2, -0.15) is 0 Å². The minimum atomic E-state index is -1.54. The van der Waals surface area contributed by atoms with Crippen molar-refractivity contribution in [3.63, 3.8) is 0 Å². The van der Waals surface area contributed by atoms with E-state index in [9.17, 15) is 24.6 Å². The Morgan fingerprint density at radius 2 is 1.72 bits per heavy atom. The number of carbonyl (C=O) groups is 3. The first-order valence-electron chi connectivity index (χ1n) is 7.30. The number of carboxylic acids is 1. The van der Waals surface area contributed by atoms with Crippen molar-refractivity contribution in [3.05, 3.63) is 40.0 Å². The molecule has 1 aliphatic carbocycles. The summed E-state index contributed by atoms with van der Waals surface area (Å²) in [6.07, 6.45) is 0.361. The number of ether oxygens (including phenoxy) is 3. The van der Waals surface area contributed by atoms with Crippen LogP contribution in [0.4, 0.5) is 0 Å². The molecule has 0 atom stereocenters. The summed E-state index contributed by atoms with van der Waals surface area (Å²) in [5, 5.41) is 20.1. The van der Waals surface area contributed by atoms with Crippen molar-refractivity contribution in [1.82, 2.24) is 0 Å². The number of cyclic esters (lactones) is 2. The third-order valence-corrected chi connectivity index (χ3v) is 4.15. The number of fused-ring (bicyclic) bond motifs is 1. The highest BCUT2D eigenvalue weighted by Gasteiger charge is 2.40. The van der Waals surface area contributed by atoms with Crippen LogP contribution >= 0.6 is 0 Å². The van der Waals surface area contributed by atoms with Crippen LogP contribution in [0.2, 0.25) is 0 Å². The molecular weight excluding hydrogens is 332 g/mol. The van der Waals surface area contributed by atoms with E-state index >= 15 is 0 Å². The van der Waals surface area contributed by atoms with Gasteiger partial charge in [0, 0.05) is 5.56 Å². The molecule has 0 radical (unpaired) electrons. The lowest BCUT2D eigenvalue weighted by atomic mass is 9.88. The highest BCUT2D eigenvalue weighted by atomic mass is 16.6. The first-order chi connectivity index (χ1) is 11.9. The molecular formula is C17H14O8. The fourth-order valence-electron chi connectivity index (χ4n) is 2.97. The molecule has 0 fully saturated rings. The lowest BCUT2D eigenvalue weighted by Gasteiger charge is -2.18. The first-order valence-corrected chi connectivity index (χ1v) is 7.30. The molecule has 0 saturated heterocycles. The van der Waals surface area contributed by atoms with Crippen LogP contribution < -0.4 is 9.47 Å². The second-order valence-electron chi connectivity index (χ2n) is 5.42. The molecule has 0 spiro atoms. The van der Waals surface area contributed by atoms with Gasteiger partial charge in [-0.3, -0.25) is 0 Å². The van der Waals surface area contributed by atoms with Crippen molar-refractivity contribution in [1.29, 1.82) is 0 Å². The second kappa shape index (κ2) is 5.97. The topological polar surface area (TPSA) is 119 Å². The zero-order valence-corrected chi connectivity index (χ0v) is 13.4. The van der Waals surface area contributed by atoms with E-state index < -0.39 is 34.8 Å². The average molecular weight is 346 g/mol. The molecule has 8 heteroatoms. The molecule has 1 aromatic carbocycles. The number of aliphatic hydroxyl groups is 1. The molecule has 0 saturated carbocycles. The minimum absolute atomic E-state index is 0.0608. The quantitative estimate of drug-likeness (QED) is 0.622. The maximum Gasteiger partial charge on any atom is 0.347 e. The van der Waals surface area contributed by atoms with Crippen molar-refractivity contribution in [2.45, 2.75) is 12.8 Å². The number of carboxylic acid groups (broad SMARTS) is 1. The van der Waals surface area contributed by atoms with E-state index in [0.29, 0.717) is 11.3 Å². The fourth-order valence-corrected chi connectivity index (χ4v) is 2.97. The largest absolute Gasteiger partial charge is 0.506 e. The zero-order valence-electron chi connectivity index (χ0n) is 13.4. The maximum absolute atomic E-state index is 11.9. The number of aliphatic carboxylic acids is 1. The van der Waals surface area contributed by atoms with Crippen molar-refractivity contribution in [3.8, 4) is 11.5 Å². The van der Waals surface area contributed by atoms with E-state index in [0.717, 1.165) is 0 Å². The normalized spacial score (nSPS) is 16.7. The SMILES string of the molecule is COc1cc2c(cc1OC)C(O)=C(C(=O)O)C1=C(CC2)C(=O)OC1=O. The van der Waals surface area contributed by atoms with E-state index in [4.69, 9.17) is 9.47 Å². The Labute approximate surface area is 141 Å². The highest BCUT2D eigenvalue weighted by molar-refractivity contribution is 6.21. The predicted octanol–water partition coefficient (Wildman–Crippen LogP) is 1.38. The number of aliphatic hydroxyl groups excluding tert-OH is 1. The molecule has 3 rings (SSSR count). The first kappa shape index (κ1) is 16.6. The lowest BCUT2D eigenvalue weighted by molar-refractivity contribution is -0.151. The predicted molar refractivity (Wildman–Crippen MR) is 83.2 cm³/mol. The van der Waals surface area contributed by atoms with E-state index in [-0.39, 0.29) is 29.7 Å². The standard InChI is InChI=1S/C17H14O8/c1-23-10-5-7-3-4-8-12(17(22)25-16(8)21)13(15(19)20)14(18)9(7)6-11(10)24-2/h5-6,18H,3-4H2,1-2H3,(H,19,20). The number of aryl methyl sites for hydroxylation is 1. The molecule has 2 N–H and O–H groups in total. The van der Waals surface area contributed by atoms with Gasteiger partial charge in [-0.15, -0.1) is 0 Å². The summed E-state index contributed by atoms with van der Waals surface area (Å²) in [7, 11) is 2.85. The molecule has 1 heterocycles. The summed E-state index contributed by atoms with van der Waals surface area (Å²) in [5.74, 6) is -3.46. The van der Waals surface area contributed by atoms with Crippen molar-refractivity contribution < 1.29 is 38.8 Å². The number of methoxy groups -OCH3 is 2. The number of esters is 2. The van der Waals surface area contributed by atoms with Gasteiger partial charge in [-0.05, 0) is 30.5 Å². The summed E-state index contributed by atoms with van der Waals surface area (Å²) >= 11 is 0. The fraction of sp³-hybridized carbons (Fsp3) is 0.235. The molecule has 2 aliphatic rings. The van der Waals surface area contributed by atoms with Gasteiger partial charge < -0.3 is 24.4 Å². The number of hydrogen-bond acceptors (Lipinski definition) is 7. The molecule has 8 nitrogen and oxygen atoms in total. The van der Waals surface area contributed by atoms with Crippen LogP contribution in [0.5, 0.6) is 11.5 Å². The lowest BCUT2D eigenvalue weighted by Crippen LogP contribution is -2.15. The minimum Gasteiger partial charge on any atom is -0.506 e. The number of hydrogen-bond donors (Lipinski definition) is 2. The van der Waals surface area contributed by atoms with Crippen LogP contribution in [-0.2, 0) is 25.5 Å². The van der Waals surface area contributed by atoms with E-state index in [1.54, 1.807) is 6.07 Å². The maximum atomic E-state index is 11.9. The number of carbonyl (C=O) groups excluding carboxylic acids is 2. The van der Waals surface area contributed by atoms with Crippen molar-refractivity contribution >= 4 is 23.7 Å². The van der Waals surface area contributed by atoms with Gasteiger partial charge in [0.25, 0.3) is 0 Å². The molecule has 1 aliphatic heterocycles. The molecule has 0 bridgehead atoms. The monoisotopic (exact) mass is 346 g/mol. The Morgan fingerprint density at radius 1 is 1.08 bits per heavy atom. The van der Waals surface area contributed by atoms with Crippen LogP contribution in [-0.4, -0.2) is 42.3 Å².